The van der Waals surface area contributed by atoms with E-state index in [1.807, 2.05) is 24.3 Å². The molecule has 1 unspecified atom stereocenters. The van der Waals surface area contributed by atoms with Crippen LogP contribution in [-0.4, -0.2) is 66.6 Å². The number of carboxylic acid groups (broad SMARTS) is 1. The number of carbonyl (C=O) groups is 2. The van der Waals surface area contributed by atoms with Gasteiger partial charge in [0.25, 0.3) is 0 Å². The molecule has 0 saturated carbocycles. The standard InChI is InChI=1S/C27H25BrN2O6/c28-18-9-10-24(29-13-18)27(36-15-25(31)32)16-30(11-12-34-17-27)26(33)35-14-23-21-7-3-1-5-19(21)20-6-2-4-8-22(20)23/h1-10,13,23H,11-12,14-17H2,(H,31,32). The molecule has 5 rings (SSSR count). The number of aromatic nitrogens is 1. The molecule has 186 valence electrons. The second-order valence-corrected chi connectivity index (χ2v) is 9.73. The number of aliphatic carboxylic acids is 1. The van der Waals surface area contributed by atoms with Crippen LogP contribution >= 0.6 is 15.9 Å². The first-order valence-electron chi connectivity index (χ1n) is 11.6. The number of pyridine rings is 1. The molecule has 2 aromatic carbocycles. The minimum atomic E-state index is -1.25. The molecule has 1 saturated heterocycles. The second kappa shape index (κ2) is 10.4. The lowest BCUT2D eigenvalue weighted by molar-refractivity contribution is -0.156. The fraction of sp³-hybridized carbons (Fsp3) is 0.296. The number of nitrogens with zero attached hydrogens (tertiary/aromatic N) is 2. The van der Waals surface area contributed by atoms with Crippen LogP contribution in [0.25, 0.3) is 11.1 Å². The van der Waals surface area contributed by atoms with E-state index in [4.69, 9.17) is 14.2 Å². The molecule has 2 aliphatic rings. The summed E-state index contributed by atoms with van der Waals surface area (Å²) in [6, 6.07) is 19.8. The van der Waals surface area contributed by atoms with Gasteiger partial charge in [0.1, 0.15) is 13.2 Å². The largest absolute Gasteiger partial charge is 0.480 e. The summed E-state index contributed by atoms with van der Waals surface area (Å²) in [5.41, 5.74) is 3.79. The van der Waals surface area contributed by atoms with E-state index < -0.39 is 24.3 Å². The Bertz CT molecular complexity index is 1220. The summed E-state index contributed by atoms with van der Waals surface area (Å²) in [4.78, 5) is 30.5. The molecule has 8 nitrogen and oxygen atoms in total. The van der Waals surface area contributed by atoms with E-state index in [0.29, 0.717) is 5.69 Å². The molecule has 1 aliphatic carbocycles. The highest BCUT2D eigenvalue weighted by molar-refractivity contribution is 9.10. The van der Waals surface area contributed by atoms with Crippen molar-refractivity contribution in [3.05, 3.63) is 88.2 Å². The Morgan fingerprint density at radius 1 is 1.08 bits per heavy atom. The molecule has 3 aromatic rings. The van der Waals surface area contributed by atoms with Crippen molar-refractivity contribution in [3.8, 4) is 11.1 Å². The van der Waals surface area contributed by atoms with Crippen molar-refractivity contribution in [2.75, 3.05) is 39.5 Å². The van der Waals surface area contributed by atoms with E-state index in [1.165, 1.54) is 4.90 Å². The summed E-state index contributed by atoms with van der Waals surface area (Å²) in [6.45, 7) is 0.279. The number of benzene rings is 2. The molecule has 9 heteroatoms. The van der Waals surface area contributed by atoms with Crippen molar-refractivity contribution in [3.63, 3.8) is 0 Å². The third-order valence-corrected chi connectivity index (χ3v) is 7.02. The minimum Gasteiger partial charge on any atom is -0.480 e. The zero-order valence-electron chi connectivity index (χ0n) is 19.4. The summed E-state index contributed by atoms with van der Waals surface area (Å²) in [5.74, 6) is -1.19. The highest BCUT2D eigenvalue weighted by Gasteiger charge is 2.42. The molecule has 36 heavy (non-hydrogen) atoms. The zero-order valence-corrected chi connectivity index (χ0v) is 21.0. The lowest BCUT2D eigenvalue weighted by Gasteiger charge is -2.34. The number of amides is 1. The molecule has 1 aliphatic heterocycles. The number of fused-ring (bicyclic) bond motifs is 3. The van der Waals surface area contributed by atoms with Crippen LogP contribution in [0.5, 0.6) is 0 Å². The average Bonchev–Trinajstić information content (AvgIpc) is 3.04. The predicted octanol–water partition coefficient (Wildman–Crippen LogP) is 4.42. The SMILES string of the molecule is O=C(O)COC1(c2ccc(Br)cn2)COCCN(C(=O)OCC2c3ccccc3-c3ccccc32)C1. The smallest absolute Gasteiger partial charge is 0.409 e. The first-order valence-corrected chi connectivity index (χ1v) is 12.4. The Morgan fingerprint density at radius 2 is 1.78 bits per heavy atom. The van der Waals surface area contributed by atoms with Crippen molar-refractivity contribution in [2.45, 2.75) is 11.5 Å². The van der Waals surface area contributed by atoms with Crippen LogP contribution in [0.3, 0.4) is 0 Å². The fourth-order valence-corrected chi connectivity index (χ4v) is 5.08. The van der Waals surface area contributed by atoms with Gasteiger partial charge in [-0.1, -0.05) is 48.5 Å². The summed E-state index contributed by atoms with van der Waals surface area (Å²) >= 11 is 3.36. The number of halogens is 1. The molecule has 0 bridgehead atoms. The van der Waals surface area contributed by atoms with Gasteiger partial charge in [0.2, 0.25) is 0 Å². The van der Waals surface area contributed by atoms with Gasteiger partial charge in [-0.2, -0.15) is 0 Å². The fourth-order valence-electron chi connectivity index (χ4n) is 4.85. The second-order valence-electron chi connectivity index (χ2n) is 8.82. The van der Waals surface area contributed by atoms with Crippen molar-refractivity contribution in [1.82, 2.24) is 9.88 Å². The number of carboxylic acids is 1. The van der Waals surface area contributed by atoms with Crippen LogP contribution in [0.15, 0.2) is 71.3 Å². The van der Waals surface area contributed by atoms with Crippen LogP contribution in [0, 0.1) is 0 Å². The quantitative estimate of drug-likeness (QED) is 0.483. The first kappa shape index (κ1) is 24.4. The first-order chi connectivity index (χ1) is 17.5. The topological polar surface area (TPSA) is 98.2 Å². The Balaban J connectivity index is 1.36. The van der Waals surface area contributed by atoms with Crippen LogP contribution in [0.4, 0.5) is 4.79 Å². The van der Waals surface area contributed by atoms with Crippen molar-refractivity contribution < 1.29 is 28.9 Å². The van der Waals surface area contributed by atoms with E-state index in [1.54, 1.807) is 18.3 Å². The van der Waals surface area contributed by atoms with Gasteiger partial charge >= 0.3 is 12.1 Å². The van der Waals surface area contributed by atoms with E-state index >= 15 is 0 Å². The van der Waals surface area contributed by atoms with Gasteiger partial charge in [-0.25, -0.2) is 9.59 Å². The summed E-state index contributed by atoms with van der Waals surface area (Å²) < 4.78 is 18.2. The maximum Gasteiger partial charge on any atom is 0.409 e. The predicted molar refractivity (Wildman–Crippen MR) is 135 cm³/mol. The van der Waals surface area contributed by atoms with Crippen LogP contribution in [0.1, 0.15) is 22.7 Å². The molecule has 1 aromatic heterocycles. The summed E-state index contributed by atoms with van der Waals surface area (Å²) in [6.07, 6.45) is 1.09. The van der Waals surface area contributed by atoms with Crippen LogP contribution < -0.4 is 0 Å². The Morgan fingerprint density at radius 3 is 2.42 bits per heavy atom. The van der Waals surface area contributed by atoms with E-state index in [-0.39, 0.29) is 38.8 Å². The van der Waals surface area contributed by atoms with Crippen LogP contribution in [-0.2, 0) is 24.6 Å². The molecule has 0 radical (unpaired) electrons. The Labute approximate surface area is 216 Å². The summed E-state index contributed by atoms with van der Waals surface area (Å²) in [5, 5.41) is 9.26. The molecule has 1 amide bonds. The molecule has 2 heterocycles. The average molecular weight is 553 g/mol. The zero-order chi connectivity index (χ0) is 25.1. The van der Waals surface area contributed by atoms with Gasteiger partial charge in [-0.15, -0.1) is 0 Å². The molecule has 0 spiro atoms. The van der Waals surface area contributed by atoms with Gasteiger partial charge in [-0.05, 0) is 50.3 Å². The molecule has 1 N–H and O–H groups in total. The van der Waals surface area contributed by atoms with Gasteiger partial charge in [-0.3, -0.25) is 4.98 Å². The molecule has 1 atom stereocenters. The maximum absolute atomic E-state index is 13.3. The van der Waals surface area contributed by atoms with Crippen molar-refractivity contribution in [2.24, 2.45) is 0 Å². The highest BCUT2D eigenvalue weighted by Crippen LogP contribution is 2.44. The summed E-state index contributed by atoms with van der Waals surface area (Å²) in [7, 11) is 0. The van der Waals surface area contributed by atoms with Gasteiger partial charge in [0, 0.05) is 23.1 Å². The lowest BCUT2D eigenvalue weighted by Crippen LogP contribution is -2.47. The number of hydrogen-bond acceptors (Lipinski definition) is 6. The van der Waals surface area contributed by atoms with Crippen molar-refractivity contribution >= 4 is 28.0 Å². The van der Waals surface area contributed by atoms with Gasteiger partial charge in [0.05, 0.1) is 25.5 Å². The molecular weight excluding hydrogens is 528 g/mol. The highest BCUT2D eigenvalue weighted by atomic mass is 79.9. The molecular formula is C27H25BrN2O6. The van der Waals surface area contributed by atoms with E-state index in [9.17, 15) is 14.7 Å². The van der Waals surface area contributed by atoms with E-state index in [2.05, 4.69) is 45.2 Å². The Hall–Kier alpha value is -3.27. The van der Waals surface area contributed by atoms with Crippen LogP contribution in [0.2, 0.25) is 0 Å². The number of rotatable bonds is 6. The minimum absolute atomic E-state index is 0.0472. The normalized spacial score (nSPS) is 19.3. The number of carbonyl (C=O) groups excluding carboxylic acids is 1. The Kier molecular flexibility index (Phi) is 7.04. The lowest BCUT2D eigenvalue weighted by atomic mass is 9.98. The van der Waals surface area contributed by atoms with Gasteiger partial charge < -0.3 is 24.2 Å². The van der Waals surface area contributed by atoms with Crippen molar-refractivity contribution in [1.29, 1.82) is 0 Å². The monoisotopic (exact) mass is 552 g/mol. The molecule has 1 fully saturated rings. The number of ether oxygens (including phenoxy) is 3. The third-order valence-electron chi connectivity index (χ3n) is 6.55. The number of hydrogen-bond donors (Lipinski definition) is 1. The third kappa shape index (κ3) is 4.86. The van der Waals surface area contributed by atoms with E-state index in [0.717, 1.165) is 26.7 Å². The van der Waals surface area contributed by atoms with Gasteiger partial charge in [0.15, 0.2) is 5.60 Å². The maximum atomic E-state index is 13.3.